The van der Waals surface area contributed by atoms with Gasteiger partial charge in [-0.1, -0.05) is 20.8 Å². The van der Waals surface area contributed by atoms with Crippen molar-refractivity contribution in [3.05, 3.63) is 29.3 Å². The third kappa shape index (κ3) is 2.00. The standard InChI is InChI=1S/C11H13NO/c1-11(2,3)10-6-9(13)5-4-8(10)7-12/h4-6,13H,1-3H3. The molecule has 0 saturated carbocycles. The van der Waals surface area contributed by atoms with Crippen LogP contribution in [0.5, 0.6) is 5.75 Å². The van der Waals surface area contributed by atoms with Crippen LogP contribution in [0, 0.1) is 11.3 Å². The van der Waals surface area contributed by atoms with Crippen molar-refractivity contribution in [1.82, 2.24) is 0 Å². The molecule has 1 rings (SSSR count). The zero-order valence-electron chi connectivity index (χ0n) is 8.13. The fourth-order valence-corrected chi connectivity index (χ4v) is 1.25. The number of aromatic hydroxyl groups is 1. The minimum absolute atomic E-state index is 0.107. The average Bonchev–Trinajstić information content (AvgIpc) is 2.03. The number of phenols is 1. The summed E-state index contributed by atoms with van der Waals surface area (Å²) in [5.74, 6) is 0.212. The van der Waals surface area contributed by atoms with Gasteiger partial charge in [0.2, 0.25) is 0 Å². The Labute approximate surface area is 78.4 Å². The number of phenolic OH excluding ortho intramolecular Hbond substituents is 1. The lowest BCUT2D eigenvalue weighted by Crippen LogP contribution is -2.12. The molecule has 0 atom stereocenters. The number of rotatable bonds is 0. The van der Waals surface area contributed by atoms with Crippen molar-refractivity contribution in [2.45, 2.75) is 26.2 Å². The monoisotopic (exact) mass is 175 g/mol. The van der Waals surface area contributed by atoms with E-state index in [2.05, 4.69) is 6.07 Å². The third-order valence-electron chi connectivity index (χ3n) is 1.93. The van der Waals surface area contributed by atoms with Gasteiger partial charge in [-0.25, -0.2) is 0 Å². The second kappa shape index (κ2) is 3.10. The fraction of sp³-hybridized carbons (Fsp3) is 0.364. The molecule has 0 bridgehead atoms. The summed E-state index contributed by atoms with van der Waals surface area (Å²) in [4.78, 5) is 0. The third-order valence-corrected chi connectivity index (χ3v) is 1.93. The van der Waals surface area contributed by atoms with Crippen molar-refractivity contribution in [3.63, 3.8) is 0 Å². The highest BCUT2D eigenvalue weighted by atomic mass is 16.3. The minimum Gasteiger partial charge on any atom is -0.508 e. The summed E-state index contributed by atoms with van der Waals surface area (Å²) in [6, 6.07) is 6.95. The van der Waals surface area contributed by atoms with Crippen LogP contribution in [0.1, 0.15) is 31.9 Å². The summed E-state index contributed by atoms with van der Waals surface area (Å²) in [6.45, 7) is 6.05. The molecular weight excluding hydrogens is 162 g/mol. The van der Waals surface area contributed by atoms with Crippen LogP contribution in [-0.4, -0.2) is 5.11 Å². The van der Waals surface area contributed by atoms with E-state index in [1.165, 1.54) is 6.07 Å². The average molecular weight is 175 g/mol. The van der Waals surface area contributed by atoms with Gasteiger partial charge in [0.15, 0.2) is 0 Å². The molecule has 0 heterocycles. The van der Waals surface area contributed by atoms with E-state index in [0.717, 1.165) is 5.56 Å². The Morgan fingerprint density at radius 1 is 1.31 bits per heavy atom. The van der Waals surface area contributed by atoms with E-state index in [0.29, 0.717) is 5.56 Å². The predicted molar refractivity (Wildman–Crippen MR) is 51.5 cm³/mol. The molecule has 0 aliphatic heterocycles. The summed E-state index contributed by atoms with van der Waals surface area (Å²) in [5, 5.41) is 18.1. The predicted octanol–water partition coefficient (Wildman–Crippen LogP) is 2.56. The number of hydrogen-bond acceptors (Lipinski definition) is 2. The van der Waals surface area contributed by atoms with E-state index in [9.17, 15) is 5.11 Å². The molecule has 0 unspecified atom stereocenters. The maximum Gasteiger partial charge on any atom is 0.115 e. The first-order valence-corrected chi connectivity index (χ1v) is 4.19. The van der Waals surface area contributed by atoms with Gasteiger partial charge in [-0.05, 0) is 29.2 Å². The first-order valence-electron chi connectivity index (χ1n) is 4.19. The molecule has 0 saturated heterocycles. The maximum absolute atomic E-state index is 9.29. The minimum atomic E-state index is -0.107. The van der Waals surface area contributed by atoms with Gasteiger partial charge in [-0.15, -0.1) is 0 Å². The topological polar surface area (TPSA) is 44.0 Å². The molecule has 1 aromatic carbocycles. The Kier molecular flexibility index (Phi) is 2.29. The Hall–Kier alpha value is -1.49. The van der Waals surface area contributed by atoms with E-state index in [-0.39, 0.29) is 11.2 Å². The van der Waals surface area contributed by atoms with Crippen LogP contribution in [-0.2, 0) is 5.41 Å². The first-order chi connectivity index (χ1) is 5.95. The zero-order valence-corrected chi connectivity index (χ0v) is 8.13. The highest BCUT2D eigenvalue weighted by Gasteiger charge is 2.18. The van der Waals surface area contributed by atoms with E-state index >= 15 is 0 Å². The molecule has 0 spiro atoms. The Balaban J connectivity index is 3.35. The Morgan fingerprint density at radius 3 is 2.38 bits per heavy atom. The summed E-state index contributed by atoms with van der Waals surface area (Å²) in [7, 11) is 0. The van der Waals surface area contributed by atoms with Crippen LogP contribution in [0.15, 0.2) is 18.2 Å². The van der Waals surface area contributed by atoms with Crippen molar-refractivity contribution >= 4 is 0 Å². The SMILES string of the molecule is CC(C)(C)c1cc(O)ccc1C#N. The molecule has 13 heavy (non-hydrogen) atoms. The Bertz CT molecular complexity index is 355. The number of nitriles is 1. The van der Waals surface area contributed by atoms with Crippen molar-refractivity contribution in [3.8, 4) is 11.8 Å². The van der Waals surface area contributed by atoms with Crippen LogP contribution in [0.3, 0.4) is 0 Å². The van der Waals surface area contributed by atoms with Crippen LogP contribution < -0.4 is 0 Å². The van der Waals surface area contributed by atoms with Crippen LogP contribution >= 0.6 is 0 Å². The van der Waals surface area contributed by atoms with Gasteiger partial charge in [0.05, 0.1) is 11.6 Å². The second-order valence-corrected chi connectivity index (χ2v) is 4.09. The number of benzene rings is 1. The van der Waals surface area contributed by atoms with Gasteiger partial charge < -0.3 is 5.11 Å². The first kappa shape index (κ1) is 9.60. The number of nitrogens with zero attached hydrogens (tertiary/aromatic N) is 1. The normalized spacial score (nSPS) is 10.9. The molecule has 2 heteroatoms. The van der Waals surface area contributed by atoms with Crippen molar-refractivity contribution in [2.24, 2.45) is 0 Å². The molecule has 0 fully saturated rings. The van der Waals surface area contributed by atoms with Crippen LogP contribution in [0.4, 0.5) is 0 Å². The molecule has 2 nitrogen and oxygen atoms in total. The van der Waals surface area contributed by atoms with Gasteiger partial charge in [-0.3, -0.25) is 0 Å². The summed E-state index contributed by atoms with van der Waals surface area (Å²) in [5.41, 5.74) is 1.41. The van der Waals surface area contributed by atoms with Crippen molar-refractivity contribution < 1.29 is 5.11 Å². The summed E-state index contributed by atoms with van der Waals surface area (Å²) < 4.78 is 0. The van der Waals surface area contributed by atoms with Crippen molar-refractivity contribution in [2.75, 3.05) is 0 Å². The van der Waals surface area contributed by atoms with E-state index in [1.54, 1.807) is 12.1 Å². The zero-order chi connectivity index (χ0) is 10.1. The highest BCUT2D eigenvalue weighted by Crippen LogP contribution is 2.28. The molecule has 68 valence electrons. The lowest BCUT2D eigenvalue weighted by atomic mass is 9.84. The highest BCUT2D eigenvalue weighted by molar-refractivity contribution is 5.45. The molecule has 1 aromatic rings. The molecule has 0 radical (unpaired) electrons. The molecule has 0 amide bonds. The molecular formula is C11H13NO. The molecule has 0 aliphatic carbocycles. The van der Waals surface area contributed by atoms with Gasteiger partial charge in [0, 0.05) is 0 Å². The van der Waals surface area contributed by atoms with Crippen LogP contribution in [0.25, 0.3) is 0 Å². The second-order valence-electron chi connectivity index (χ2n) is 4.09. The van der Waals surface area contributed by atoms with Gasteiger partial charge in [-0.2, -0.15) is 5.26 Å². The smallest absolute Gasteiger partial charge is 0.115 e. The van der Waals surface area contributed by atoms with Gasteiger partial charge in [0.25, 0.3) is 0 Å². The number of hydrogen-bond donors (Lipinski definition) is 1. The van der Waals surface area contributed by atoms with E-state index in [4.69, 9.17) is 5.26 Å². The fourth-order valence-electron chi connectivity index (χ4n) is 1.25. The maximum atomic E-state index is 9.29. The van der Waals surface area contributed by atoms with E-state index < -0.39 is 0 Å². The lowest BCUT2D eigenvalue weighted by molar-refractivity contribution is 0.471. The molecule has 0 aliphatic rings. The van der Waals surface area contributed by atoms with Crippen molar-refractivity contribution in [1.29, 1.82) is 5.26 Å². The van der Waals surface area contributed by atoms with Gasteiger partial charge in [0.1, 0.15) is 5.75 Å². The summed E-state index contributed by atoms with van der Waals surface area (Å²) in [6.07, 6.45) is 0. The molecule has 0 aromatic heterocycles. The Morgan fingerprint density at radius 2 is 1.92 bits per heavy atom. The van der Waals surface area contributed by atoms with E-state index in [1.807, 2.05) is 20.8 Å². The van der Waals surface area contributed by atoms with Gasteiger partial charge >= 0.3 is 0 Å². The largest absolute Gasteiger partial charge is 0.508 e. The lowest BCUT2D eigenvalue weighted by Gasteiger charge is -2.20. The molecule has 1 N–H and O–H groups in total. The van der Waals surface area contributed by atoms with Crippen LogP contribution in [0.2, 0.25) is 0 Å². The quantitative estimate of drug-likeness (QED) is 0.658. The summed E-state index contributed by atoms with van der Waals surface area (Å²) >= 11 is 0.